The largest absolute Gasteiger partial charge is 0.340 e. The molecule has 6 heterocycles. The van der Waals surface area contributed by atoms with Crippen molar-refractivity contribution < 1.29 is 0 Å². The summed E-state index contributed by atoms with van der Waals surface area (Å²) in [5, 5.41) is 7.12. The van der Waals surface area contributed by atoms with Gasteiger partial charge in [-0.25, -0.2) is 37.5 Å². The maximum absolute atomic E-state index is 15.0. The molecule has 0 spiro atoms. The Bertz CT molecular complexity index is 2480. The van der Waals surface area contributed by atoms with E-state index < -0.39 is 22.7 Å². The highest BCUT2D eigenvalue weighted by Gasteiger charge is 2.69. The van der Waals surface area contributed by atoms with Crippen LogP contribution >= 0.6 is 0 Å². The lowest BCUT2D eigenvalue weighted by molar-refractivity contribution is 0.224. The van der Waals surface area contributed by atoms with E-state index in [1.54, 1.807) is 9.13 Å². The number of rotatable bonds is 2. The maximum Gasteiger partial charge on any atom is 0.340 e. The Morgan fingerprint density at radius 3 is 1.43 bits per heavy atom. The second kappa shape index (κ2) is 7.75. The average Bonchev–Trinajstić information content (AvgIpc) is 3.77. The molecule has 4 aromatic heterocycles. The summed E-state index contributed by atoms with van der Waals surface area (Å²) in [5.74, 6) is 1.02. The van der Waals surface area contributed by atoms with Crippen molar-refractivity contribution in [2.24, 2.45) is 0 Å². The van der Waals surface area contributed by atoms with Crippen molar-refractivity contribution in [3.8, 4) is 0 Å². The topological polar surface area (TPSA) is 128 Å². The molecule has 10 rings (SSSR count). The second-order valence-corrected chi connectivity index (χ2v) is 11.0. The SMILES string of the molecule is O=c1n2c(nc3nc4ccccc4n13)NC1(c3ccccc3)Nc3nc4nc5ccccc5n4c(=O)n3C21c1ccccc1. The predicted octanol–water partition coefficient (Wildman–Crippen LogP) is 3.36. The highest BCUT2D eigenvalue weighted by Crippen LogP contribution is 2.55. The van der Waals surface area contributed by atoms with Crippen LogP contribution in [-0.4, -0.2) is 37.9 Å². The number of hydrogen-bond acceptors (Lipinski definition) is 8. The number of hydrogen-bond donors (Lipinski definition) is 2. The van der Waals surface area contributed by atoms with E-state index in [4.69, 9.17) is 9.97 Å². The van der Waals surface area contributed by atoms with Gasteiger partial charge in [0, 0.05) is 11.1 Å². The summed E-state index contributed by atoms with van der Waals surface area (Å²) in [6.45, 7) is 0. The molecule has 210 valence electrons. The van der Waals surface area contributed by atoms with E-state index in [1.165, 1.54) is 8.80 Å². The fraction of sp³-hybridized carbons (Fsp3) is 0.0625. The van der Waals surface area contributed by atoms with Gasteiger partial charge in [-0.1, -0.05) is 84.9 Å². The highest BCUT2D eigenvalue weighted by molar-refractivity contribution is 5.81. The first-order chi connectivity index (χ1) is 21.6. The first kappa shape index (κ1) is 23.3. The number of imidazole rings is 2. The van der Waals surface area contributed by atoms with Gasteiger partial charge in [0.2, 0.25) is 29.1 Å². The van der Waals surface area contributed by atoms with Crippen molar-refractivity contribution in [1.29, 1.82) is 0 Å². The second-order valence-electron chi connectivity index (χ2n) is 11.0. The van der Waals surface area contributed by atoms with Gasteiger partial charge >= 0.3 is 11.4 Å². The third-order valence-electron chi connectivity index (χ3n) is 8.84. The van der Waals surface area contributed by atoms with E-state index in [0.29, 0.717) is 27.6 Å². The Hall–Kier alpha value is -6.30. The molecule has 0 bridgehead atoms. The molecule has 0 saturated heterocycles. The van der Waals surface area contributed by atoms with Crippen LogP contribution in [0.4, 0.5) is 11.9 Å². The zero-order chi connectivity index (χ0) is 29.2. The Labute approximate surface area is 246 Å². The summed E-state index contributed by atoms with van der Waals surface area (Å²) >= 11 is 0. The molecule has 0 aliphatic carbocycles. The lowest BCUT2D eigenvalue weighted by Crippen LogP contribution is -2.61. The van der Waals surface area contributed by atoms with E-state index in [9.17, 15) is 9.59 Å². The van der Waals surface area contributed by atoms with Crippen LogP contribution in [0.2, 0.25) is 0 Å². The molecular formula is C32H20N10O2. The predicted molar refractivity (Wildman–Crippen MR) is 164 cm³/mol. The number of nitrogens with one attached hydrogen (secondary N) is 2. The minimum Gasteiger partial charge on any atom is -0.325 e. The lowest BCUT2D eigenvalue weighted by atomic mass is 9.82. The van der Waals surface area contributed by atoms with Crippen LogP contribution in [0.1, 0.15) is 11.1 Å². The number of anilines is 2. The average molecular weight is 577 g/mol. The van der Waals surface area contributed by atoms with Gasteiger partial charge in [0.1, 0.15) is 0 Å². The van der Waals surface area contributed by atoms with E-state index in [-0.39, 0.29) is 23.5 Å². The number of nitrogens with zero attached hydrogens (tertiary/aromatic N) is 8. The van der Waals surface area contributed by atoms with Gasteiger partial charge in [-0.3, -0.25) is 0 Å². The molecule has 12 heteroatoms. The summed E-state index contributed by atoms with van der Waals surface area (Å²) < 4.78 is 6.11. The highest BCUT2D eigenvalue weighted by atomic mass is 16.2. The molecule has 2 aliphatic rings. The van der Waals surface area contributed by atoms with Crippen LogP contribution in [0.25, 0.3) is 33.6 Å². The Balaban J connectivity index is 1.46. The zero-order valence-corrected chi connectivity index (χ0v) is 22.8. The van der Waals surface area contributed by atoms with Crippen LogP contribution in [-0.2, 0) is 11.3 Å². The van der Waals surface area contributed by atoms with Crippen molar-refractivity contribution in [1.82, 2.24) is 37.9 Å². The van der Waals surface area contributed by atoms with E-state index in [2.05, 4.69) is 20.6 Å². The first-order valence-corrected chi connectivity index (χ1v) is 14.1. The summed E-state index contributed by atoms with van der Waals surface area (Å²) in [6.07, 6.45) is 0. The summed E-state index contributed by atoms with van der Waals surface area (Å²) in [4.78, 5) is 49.0. The fourth-order valence-corrected chi connectivity index (χ4v) is 7.13. The number of para-hydroxylation sites is 4. The third-order valence-corrected chi connectivity index (χ3v) is 8.84. The summed E-state index contributed by atoms with van der Waals surface area (Å²) in [7, 11) is 0. The van der Waals surface area contributed by atoms with Crippen molar-refractivity contribution >= 4 is 45.5 Å². The molecule has 0 atom stereocenters. The summed E-state index contributed by atoms with van der Waals surface area (Å²) in [6, 6.07) is 34.0. The first-order valence-electron chi connectivity index (χ1n) is 14.1. The van der Waals surface area contributed by atoms with Crippen molar-refractivity contribution in [3.63, 3.8) is 0 Å². The van der Waals surface area contributed by atoms with Crippen LogP contribution < -0.4 is 22.0 Å². The molecule has 0 fully saturated rings. The minimum atomic E-state index is -1.55. The van der Waals surface area contributed by atoms with E-state index in [1.807, 2.05) is 109 Å². The maximum atomic E-state index is 15.0. The van der Waals surface area contributed by atoms with Gasteiger partial charge < -0.3 is 10.6 Å². The molecule has 0 unspecified atom stereocenters. The molecule has 0 saturated carbocycles. The summed E-state index contributed by atoms with van der Waals surface area (Å²) in [5.41, 5.74) is 0.262. The zero-order valence-electron chi connectivity index (χ0n) is 22.8. The van der Waals surface area contributed by atoms with Crippen molar-refractivity contribution in [2.75, 3.05) is 10.6 Å². The van der Waals surface area contributed by atoms with Gasteiger partial charge in [0.05, 0.1) is 22.1 Å². The normalized spacial score (nSPS) is 20.1. The number of aromatic nitrogens is 8. The van der Waals surface area contributed by atoms with Crippen molar-refractivity contribution in [2.45, 2.75) is 11.3 Å². The van der Waals surface area contributed by atoms with Crippen LogP contribution in [0, 0.1) is 0 Å². The molecule has 0 radical (unpaired) electrons. The number of fused-ring (bicyclic) bond motifs is 11. The quantitative estimate of drug-likeness (QED) is 0.321. The molecule has 44 heavy (non-hydrogen) atoms. The van der Waals surface area contributed by atoms with Crippen molar-refractivity contribution in [3.05, 3.63) is 141 Å². The molecule has 2 N–H and O–H groups in total. The van der Waals surface area contributed by atoms with Gasteiger partial charge in [-0.2, -0.15) is 9.97 Å². The lowest BCUT2D eigenvalue weighted by Gasteiger charge is -2.40. The Morgan fingerprint density at radius 2 is 0.932 bits per heavy atom. The molecule has 12 nitrogen and oxygen atoms in total. The van der Waals surface area contributed by atoms with Gasteiger partial charge in [-0.15, -0.1) is 0 Å². The van der Waals surface area contributed by atoms with E-state index in [0.717, 1.165) is 5.56 Å². The van der Waals surface area contributed by atoms with E-state index >= 15 is 0 Å². The number of benzene rings is 4. The van der Waals surface area contributed by atoms with Crippen LogP contribution in [0.5, 0.6) is 0 Å². The molecule has 4 aromatic carbocycles. The standard InChI is InChI=1S/C32H20N10O2/c43-29-39-23-17-9-7-15-21(23)33-25(39)35-27-37-31(19-11-3-1-4-12-19)32(41(27)29,20-13-5-2-6-14-20)42-28(38-31)36-26-34-22-16-8-10-18-24(22)40(26)30(42)44/h1-18H,(H,33,35,37)(H,34,36,38). The minimum absolute atomic E-state index is 0.253. The fourth-order valence-electron chi connectivity index (χ4n) is 7.13. The molecule has 2 aliphatic heterocycles. The molecule has 8 aromatic rings. The van der Waals surface area contributed by atoms with Gasteiger partial charge in [0.15, 0.2) is 5.66 Å². The third kappa shape index (κ3) is 2.52. The van der Waals surface area contributed by atoms with Gasteiger partial charge in [-0.05, 0) is 24.3 Å². The smallest absolute Gasteiger partial charge is 0.325 e. The Kier molecular flexibility index (Phi) is 4.10. The molecular weight excluding hydrogens is 556 g/mol. The van der Waals surface area contributed by atoms with Crippen LogP contribution in [0.3, 0.4) is 0 Å². The monoisotopic (exact) mass is 576 g/mol. The Morgan fingerprint density at radius 1 is 0.500 bits per heavy atom. The molecule has 0 amide bonds. The van der Waals surface area contributed by atoms with Gasteiger partial charge in [0.25, 0.3) is 0 Å². The van der Waals surface area contributed by atoms with Crippen LogP contribution in [0.15, 0.2) is 119 Å².